The second-order valence-corrected chi connectivity index (χ2v) is 4.37. The summed E-state index contributed by atoms with van der Waals surface area (Å²) in [5, 5.41) is 15.0. The van der Waals surface area contributed by atoms with Crippen LogP contribution >= 0.6 is 0 Å². The van der Waals surface area contributed by atoms with Crippen molar-refractivity contribution in [2.24, 2.45) is 5.92 Å². The Morgan fingerprint density at radius 3 is 2.82 bits per heavy atom. The van der Waals surface area contributed by atoms with Gasteiger partial charge in [0.25, 0.3) is 5.91 Å². The zero-order valence-electron chi connectivity index (χ0n) is 9.47. The van der Waals surface area contributed by atoms with Crippen LogP contribution in [0.15, 0.2) is 10.6 Å². The number of nitrogens with one attached hydrogen (secondary N) is 1. The summed E-state index contributed by atoms with van der Waals surface area (Å²) in [6.07, 6.45) is 2.57. The van der Waals surface area contributed by atoms with Crippen LogP contribution in [-0.4, -0.2) is 28.2 Å². The lowest BCUT2D eigenvalue weighted by Crippen LogP contribution is -2.41. The highest BCUT2D eigenvalue weighted by Gasteiger charge is 2.30. The number of carbonyl (C=O) groups is 2. The van der Waals surface area contributed by atoms with E-state index >= 15 is 0 Å². The normalized spacial score (nSPS) is 16.5. The first-order valence-electron chi connectivity index (χ1n) is 5.53. The fourth-order valence-electron chi connectivity index (χ4n) is 1.61. The average molecular weight is 238 g/mol. The van der Waals surface area contributed by atoms with Gasteiger partial charge in [0.2, 0.25) is 0 Å². The molecule has 1 amide bonds. The molecule has 1 heterocycles. The maximum absolute atomic E-state index is 11.7. The molecule has 0 aliphatic heterocycles. The van der Waals surface area contributed by atoms with Crippen molar-refractivity contribution < 1.29 is 19.2 Å². The topological polar surface area (TPSA) is 92.4 Å². The zero-order chi connectivity index (χ0) is 12.4. The Bertz CT molecular complexity index is 436. The van der Waals surface area contributed by atoms with Crippen LogP contribution in [0.1, 0.15) is 35.5 Å². The molecule has 1 unspecified atom stereocenters. The number of hydrogen-bond donors (Lipinski definition) is 2. The number of amides is 1. The van der Waals surface area contributed by atoms with Crippen molar-refractivity contribution >= 4 is 11.9 Å². The van der Waals surface area contributed by atoms with Crippen LogP contribution in [0.5, 0.6) is 0 Å². The first kappa shape index (κ1) is 11.6. The Hall–Kier alpha value is -1.85. The van der Waals surface area contributed by atoms with Gasteiger partial charge in [0.15, 0.2) is 5.69 Å². The monoisotopic (exact) mass is 238 g/mol. The molecule has 1 fully saturated rings. The van der Waals surface area contributed by atoms with Gasteiger partial charge in [-0.25, -0.2) is 4.79 Å². The summed E-state index contributed by atoms with van der Waals surface area (Å²) in [7, 11) is 0. The molecule has 17 heavy (non-hydrogen) atoms. The highest BCUT2D eigenvalue weighted by atomic mass is 16.5. The molecular weight excluding hydrogens is 224 g/mol. The van der Waals surface area contributed by atoms with Crippen LogP contribution in [0.3, 0.4) is 0 Å². The van der Waals surface area contributed by atoms with E-state index in [1.54, 1.807) is 6.92 Å². The summed E-state index contributed by atoms with van der Waals surface area (Å²) in [5.41, 5.74) is 0.115. The van der Waals surface area contributed by atoms with E-state index in [1.165, 1.54) is 6.07 Å². The Kier molecular flexibility index (Phi) is 3.12. The predicted octanol–water partition coefficient (Wildman–Crippen LogP) is 0.966. The SMILES string of the molecule is Cc1cc(C(=O)NC(CC2CC2)C(=O)O)no1. The molecule has 6 heteroatoms. The number of aliphatic carboxylic acids is 1. The molecular formula is C11H14N2O4. The molecule has 0 saturated heterocycles. The van der Waals surface area contributed by atoms with Gasteiger partial charge in [-0.15, -0.1) is 0 Å². The van der Waals surface area contributed by atoms with E-state index in [4.69, 9.17) is 9.63 Å². The molecule has 1 aliphatic carbocycles. The second-order valence-electron chi connectivity index (χ2n) is 4.37. The Balaban J connectivity index is 1.96. The summed E-state index contributed by atoms with van der Waals surface area (Å²) in [6.45, 7) is 1.67. The van der Waals surface area contributed by atoms with Crippen LogP contribution in [-0.2, 0) is 4.79 Å². The largest absolute Gasteiger partial charge is 0.480 e. The summed E-state index contributed by atoms with van der Waals surface area (Å²) in [5.74, 6) is -0.569. The number of aryl methyl sites for hydroxylation is 1. The van der Waals surface area contributed by atoms with E-state index in [1.807, 2.05) is 0 Å². The van der Waals surface area contributed by atoms with E-state index in [-0.39, 0.29) is 5.69 Å². The summed E-state index contributed by atoms with van der Waals surface area (Å²) >= 11 is 0. The first-order chi connectivity index (χ1) is 8.06. The number of aromatic nitrogens is 1. The zero-order valence-corrected chi connectivity index (χ0v) is 9.47. The van der Waals surface area contributed by atoms with E-state index in [9.17, 15) is 9.59 Å². The predicted molar refractivity (Wildman–Crippen MR) is 57.5 cm³/mol. The van der Waals surface area contributed by atoms with Crippen LogP contribution < -0.4 is 5.32 Å². The maximum atomic E-state index is 11.7. The molecule has 2 rings (SSSR count). The number of hydrogen-bond acceptors (Lipinski definition) is 4. The molecule has 6 nitrogen and oxygen atoms in total. The third-order valence-electron chi connectivity index (χ3n) is 2.73. The molecule has 0 aromatic carbocycles. The highest BCUT2D eigenvalue weighted by molar-refractivity contribution is 5.94. The Morgan fingerprint density at radius 2 is 2.35 bits per heavy atom. The number of rotatable bonds is 5. The van der Waals surface area contributed by atoms with Gasteiger partial charge >= 0.3 is 5.97 Å². The van der Waals surface area contributed by atoms with Crippen LogP contribution in [0, 0.1) is 12.8 Å². The molecule has 1 saturated carbocycles. The Labute approximate surface area is 98.0 Å². The molecule has 1 aliphatic rings. The van der Waals surface area contributed by atoms with Crippen molar-refractivity contribution in [2.75, 3.05) is 0 Å². The van der Waals surface area contributed by atoms with E-state index in [0.29, 0.717) is 18.1 Å². The smallest absolute Gasteiger partial charge is 0.326 e. The van der Waals surface area contributed by atoms with Crippen molar-refractivity contribution in [2.45, 2.75) is 32.2 Å². The van der Waals surface area contributed by atoms with E-state index in [0.717, 1.165) is 12.8 Å². The van der Waals surface area contributed by atoms with Crippen LogP contribution in [0.4, 0.5) is 0 Å². The Morgan fingerprint density at radius 1 is 1.65 bits per heavy atom. The molecule has 0 bridgehead atoms. The number of carboxylic acids is 1. The number of carboxylic acid groups (broad SMARTS) is 1. The van der Waals surface area contributed by atoms with E-state index in [2.05, 4.69) is 10.5 Å². The lowest BCUT2D eigenvalue weighted by Gasteiger charge is -2.12. The standard InChI is InChI=1S/C11H14N2O4/c1-6-4-8(13-17-6)10(14)12-9(11(15)16)5-7-2-3-7/h4,7,9H,2-3,5H2,1H3,(H,12,14)(H,15,16). The quantitative estimate of drug-likeness (QED) is 0.797. The fourth-order valence-corrected chi connectivity index (χ4v) is 1.61. The number of nitrogens with zero attached hydrogens (tertiary/aromatic N) is 1. The molecule has 1 aromatic rings. The molecule has 1 aromatic heterocycles. The fraction of sp³-hybridized carbons (Fsp3) is 0.545. The summed E-state index contributed by atoms with van der Waals surface area (Å²) in [6, 6.07) is 0.637. The summed E-state index contributed by atoms with van der Waals surface area (Å²) in [4.78, 5) is 22.7. The lowest BCUT2D eigenvalue weighted by atomic mass is 10.1. The molecule has 1 atom stereocenters. The molecule has 2 N–H and O–H groups in total. The van der Waals surface area contributed by atoms with Crippen LogP contribution in [0.2, 0.25) is 0 Å². The van der Waals surface area contributed by atoms with Gasteiger partial charge < -0.3 is 14.9 Å². The van der Waals surface area contributed by atoms with Gasteiger partial charge in [-0.05, 0) is 19.3 Å². The molecule has 92 valence electrons. The highest BCUT2D eigenvalue weighted by Crippen LogP contribution is 2.33. The van der Waals surface area contributed by atoms with Crippen LogP contribution in [0.25, 0.3) is 0 Å². The minimum atomic E-state index is -1.01. The van der Waals surface area contributed by atoms with Crippen molar-refractivity contribution in [1.82, 2.24) is 10.5 Å². The van der Waals surface area contributed by atoms with E-state index < -0.39 is 17.9 Å². The van der Waals surface area contributed by atoms with Crippen molar-refractivity contribution in [1.29, 1.82) is 0 Å². The minimum absolute atomic E-state index is 0.115. The van der Waals surface area contributed by atoms with Crippen molar-refractivity contribution in [3.8, 4) is 0 Å². The lowest BCUT2D eigenvalue weighted by molar-refractivity contribution is -0.139. The van der Waals surface area contributed by atoms with Gasteiger partial charge in [-0.2, -0.15) is 0 Å². The van der Waals surface area contributed by atoms with Gasteiger partial charge in [-0.1, -0.05) is 18.0 Å². The first-order valence-corrected chi connectivity index (χ1v) is 5.53. The summed E-state index contributed by atoms with van der Waals surface area (Å²) < 4.78 is 4.76. The third kappa shape index (κ3) is 3.05. The number of carbonyl (C=O) groups excluding carboxylic acids is 1. The van der Waals surface area contributed by atoms with Crippen molar-refractivity contribution in [3.05, 3.63) is 17.5 Å². The third-order valence-corrected chi connectivity index (χ3v) is 2.73. The van der Waals surface area contributed by atoms with Gasteiger partial charge in [0.05, 0.1) is 0 Å². The van der Waals surface area contributed by atoms with Crippen molar-refractivity contribution in [3.63, 3.8) is 0 Å². The average Bonchev–Trinajstić information content (AvgIpc) is 2.97. The van der Waals surface area contributed by atoms with Gasteiger partial charge in [0.1, 0.15) is 11.8 Å². The molecule has 0 spiro atoms. The van der Waals surface area contributed by atoms with Gasteiger partial charge in [0, 0.05) is 6.07 Å². The second kappa shape index (κ2) is 4.57. The van der Waals surface area contributed by atoms with Gasteiger partial charge in [-0.3, -0.25) is 4.79 Å². The maximum Gasteiger partial charge on any atom is 0.326 e. The molecule has 0 radical (unpaired) electrons. The minimum Gasteiger partial charge on any atom is -0.480 e.